The number of allylic oxidation sites excluding steroid dienone is 1. The van der Waals surface area contributed by atoms with Crippen molar-refractivity contribution in [3.8, 4) is 0 Å². The van der Waals surface area contributed by atoms with Gasteiger partial charge in [-0.05, 0) is 19.8 Å². The van der Waals surface area contributed by atoms with Crippen molar-refractivity contribution < 1.29 is 9.53 Å². The maximum Gasteiger partial charge on any atom is 0.330 e. The molecule has 136 valence electrons. The molecular weight excluding hydrogens is 284 g/mol. The molecule has 0 rings (SSSR count). The Kier molecular flexibility index (Phi) is 18.6. The zero-order valence-electron chi connectivity index (χ0n) is 15.8. The number of ether oxygens (including phenoxy) is 1. The van der Waals surface area contributed by atoms with E-state index < -0.39 is 0 Å². The van der Waals surface area contributed by atoms with Crippen molar-refractivity contribution in [2.24, 2.45) is 0 Å². The summed E-state index contributed by atoms with van der Waals surface area (Å²) in [6, 6.07) is 0. The van der Waals surface area contributed by atoms with Gasteiger partial charge in [-0.2, -0.15) is 0 Å². The molecular formula is C21H40O2. The minimum Gasteiger partial charge on any atom is -0.463 e. The van der Waals surface area contributed by atoms with E-state index in [-0.39, 0.29) is 5.97 Å². The summed E-state index contributed by atoms with van der Waals surface area (Å²) in [5.41, 5.74) is 0. The van der Waals surface area contributed by atoms with E-state index in [0.717, 1.165) is 6.42 Å². The van der Waals surface area contributed by atoms with E-state index in [0.29, 0.717) is 6.61 Å². The smallest absolute Gasteiger partial charge is 0.330 e. The molecule has 0 aliphatic rings. The third-order valence-corrected chi connectivity index (χ3v) is 4.26. The molecule has 0 aliphatic heterocycles. The van der Waals surface area contributed by atoms with Crippen molar-refractivity contribution in [2.75, 3.05) is 6.61 Å². The van der Waals surface area contributed by atoms with Crippen LogP contribution in [-0.4, -0.2) is 12.6 Å². The van der Waals surface area contributed by atoms with Crippen molar-refractivity contribution >= 4 is 5.97 Å². The summed E-state index contributed by atoms with van der Waals surface area (Å²) < 4.78 is 4.84. The van der Waals surface area contributed by atoms with Gasteiger partial charge >= 0.3 is 5.97 Å². The number of rotatable bonds is 17. The lowest BCUT2D eigenvalue weighted by atomic mass is 10.0. The van der Waals surface area contributed by atoms with Gasteiger partial charge in [0.05, 0.1) is 6.61 Å². The second-order valence-electron chi connectivity index (χ2n) is 6.54. The topological polar surface area (TPSA) is 26.3 Å². The van der Waals surface area contributed by atoms with Gasteiger partial charge in [0.2, 0.25) is 0 Å². The fraction of sp³-hybridized carbons (Fsp3) is 0.857. The van der Waals surface area contributed by atoms with Crippen LogP contribution in [0.15, 0.2) is 12.2 Å². The zero-order chi connectivity index (χ0) is 17.0. The minimum atomic E-state index is -0.210. The molecule has 2 heteroatoms. The van der Waals surface area contributed by atoms with E-state index in [1.54, 1.807) is 6.08 Å². The summed E-state index contributed by atoms with van der Waals surface area (Å²) in [6.45, 7) is 4.57. The first kappa shape index (κ1) is 22.2. The van der Waals surface area contributed by atoms with Crippen LogP contribution in [0, 0.1) is 0 Å². The molecule has 0 unspecified atom stereocenters. The lowest BCUT2D eigenvalue weighted by Gasteiger charge is -2.02. The van der Waals surface area contributed by atoms with Crippen LogP contribution in [0.4, 0.5) is 0 Å². The number of carbonyl (C=O) groups is 1. The molecule has 2 nitrogen and oxygen atoms in total. The first-order valence-corrected chi connectivity index (χ1v) is 10.1. The predicted molar refractivity (Wildman–Crippen MR) is 101 cm³/mol. The third kappa shape index (κ3) is 19.2. The van der Waals surface area contributed by atoms with Crippen LogP contribution in [-0.2, 0) is 9.53 Å². The van der Waals surface area contributed by atoms with Crippen molar-refractivity contribution in [3.05, 3.63) is 12.2 Å². The van der Waals surface area contributed by atoms with Crippen molar-refractivity contribution in [1.29, 1.82) is 0 Å². The van der Waals surface area contributed by atoms with E-state index in [9.17, 15) is 4.79 Å². The Labute approximate surface area is 145 Å². The summed E-state index contributed by atoms with van der Waals surface area (Å²) in [6.07, 6.45) is 23.9. The Morgan fingerprint density at radius 1 is 0.696 bits per heavy atom. The van der Waals surface area contributed by atoms with Gasteiger partial charge in [-0.15, -0.1) is 0 Å². The summed E-state index contributed by atoms with van der Waals surface area (Å²) in [7, 11) is 0. The van der Waals surface area contributed by atoms with Crippen LogP contribution in [0.2, 0.25) is 0 Å². The standard InChI is InChI=1S/C21H40O2/c1-3-5-6-7-8-9-10-11-12-13-14-15-16-17-18-19-20-21(22)23-4-2/h19-20H,3-18H2,1-2H3. The minimum absolute atomic E-state index is 0.210. The first-order valence-electron chi connectivity index (χ1n) is 10.1. The summed E-state index contributed by atoms with van der Waals surface area (Å²) in [4.78, 5) is 11.1. The number of esters is 1. The van der Waals surface area contributed by atoms with E-state index in [4.69, 9.17) is 4.74 Å². The molecule has 0 N–H and O–H groups in total. The fourth-order valence-electron chi connectivity index (χ4n) is 2.83. The molecule has 0 saturated heterocycles. The summed E-state index contributed by atoms with van der Waals surface area (Å²) in [5, 5.41) is 0. The monoisotopic (exact) mass is 324 g/mol. The number of hydrogen-bond donors (Lipinski definition) is 0. The molecule has 0 bridgehead atoms. The van der Waals surface area contributed by atoms with Gasteiger partial charge in [0.1, 0.15) is 0 Å². The highest BCUT2D eigenvalue weighted by Crippen LogP contribution is 2.13. The Hall–Kier alpha value is -0.790. The van der Waals surface area contributed by atoms with Crippen LogP contribution in [0.5, 0.6) is 0 Å². The molecule has 0 radical (unpaired) electrons. The van der Waals surface area contributed by atoms with Crippen molar-refractivity contribution in [3.63, 3.8) is 0 Å². The molecule has 0 aliphatic carbocycles. The first-order chi connectivity index (χ1) is 11.3. The molecule has 0 heterocycles. The Morgan fingerprint density at radius 3 is 1.57 bits per heavy atom. The van der Waals surface area contributed by atoms with Gasteiger partial charge in [0.25, 0.3) is 0 Å². The Bertz CT molecular complexity index is 271. The molecule has 0 aromatic rings. The average molecular weight is 325 g/mol. The maximum absolute atomic E-state index is 11.1. The highest BCUT2D eigenvalue weighted by atomic mass is 16.5. The second-order valence-corrected chi connectivity index (χ2v) is 6.54. The lowest BCUT2D eigenvalue weighted by Crippen LogP contribution is -1.98. The number of hydrogen-bond acceptors (Lipinski definition) is 2. The zero-order valence-corrected chi connectivity index (χ0v) is 15.8. The van der Waals surface area contributed by atoms with Gasteiger partial charge in [0, 0.05) is 6.08 Å². The number of unbranched alkanes of at least 4 members (excludes halogenated alkanes) is 14. The second kappa shape index (κ2) is 19.3. The Balaban J connectivity index is 3.09. The predicted octanol–water partition coefficient (Wildman–Crippen LogP) is 6.98. The van der Waals surface area contributed by atoms with Crippen LogP contribution in [0.25, 0.3) is 0 Å². The van der Waals surface area contributed by atoms with Gasteiger partial charge in [-0.25, -0.2) is 4.79 Å². The highest BCUT2D eigenvalue weighted by molar-refractivity contribution is 5.81. The maximum atomic E-state index is 11.1. The van der Waals surface area contributed by atoms with Gasteiger partial charge in [-0.3, -0.25) is 0 Å². The molecule has 0 fully saturated rings. The third-order valence-electron chi connectivity index (χ3n) is 4.26. The van der Waals surface area contributed by atoms with Gasteiger partial charge < -0.3 is 4.74 Å². The SMILES string of the molecule is CCCCCCCCCCCCCCCCC=CC(=O)OCC. The van der Waals surface area contributed by atoms with Gasteiger partial charge in [-0.1, -0.05) is 96.5 Å². The largest absolute Gasteiger partial charge is 0.463 e. The molecule has 0 aromatic carbocycles. The van der Waals surface area contributed by atoms with E-state index in [2.05, 4.69) is 6.92 Å². The van der Waals surface area contributed by atoms with Crippen molar-refractivity contribution in [2.45, 2.75) is 110 Å². The lowest BCUT2D eigenvalue weighted by molar-refractivity contribution is -0.137. The fourth-order valence-corrected chi connectivity index (χ4v) is 2.83. The molecule has 0 saturated carbocycles. The molecule has 0 aromatic heterocycles. The summed E-state index contributed by atoms with van der Waals surface area (Å²) in [5.74, 6) is -0.210. The van der Waals surface area contributed by atoms with E-state index in [1.165, 1.54) is 89.9 Å². The van der Waals surface area contributed by atoms with Gasteiger partial charge in [0.15, 0.2) is 0 Å². The Morgan fingerprint density at radius 2 is 1.13 bits per heavy atom. The highest BCUT2D eigenvalue weighted by Gasteiger charge is 1.94. The molecule has 0 amide bonds. The van der Waals surface area contributed by atoms with Crippen molar-refractivity contribution in [1.82, 2.24) is 0 Å². The van der Waals surface area contributed by atoms with Crippen LogP contribution in [0.1, 0.15) is 110 Å². The molecule has 0 spiro atoms. The van der Waals surface area contributed by atoms with Crippen LogP contribution in [0.3, 0.4) is 0 Å². The van der Waals surface area contributed by atoms with E-state index >= 15 is 0 Å². The molecule has 23 heavy (non-hydrogen) atoms. The number of carbonyl (C=O) groups excluding carboxylic acids is 1. The van der Waals surface area contributed by atoms with Crippen LogP contribution >= 0.6 is 0 Å². The van der Waals surface area contributed by atoms with Crippen LogP contribution < -0.4 is 0 Å². The summed E-state index contributed by atoms with van der Waals surface area (Å²) >= 11 is 0. The average Bonchev–Trinajstić information content (AvgIpc) is 2.54. The molecule has 0 atom stereocenters. The van der Waals surface area contributed by atoms with E-state index in [1.807, 2.05) is 13.0 Å². The quantitative estimate of drug-likeness (QED) is 0.164. The normalized spacial score (nSPS) is 11.2.